The van der Waals surface area contributed by atoms with Crippen LogP contribution in [0.4, 0.5) is 11.8 Å². The summed E-state index contributed by atoms with van der Waals surface area (Å²) in [5.74, 6) is 2.27. The van der Waals surface area contributed by atoms with Crippen LogP contribution in [-0.2, 0) is 0 Å². The van der Waals surface area contributed by atoms with Crippen molar-refractivity contribution < 1.29 is 18.7 Å². The molecule has 3 aromatic rings. The van der Waals surface area contributed by atoms with Crippen molar-refractivity contribution in [3.8, 4) is 11.5 Å². The molecule has 0 saturated carbocycles. The van der Waals surface area contributed by atoms with Gasteiger partial charge in [0, 0.05) is 37.1 Å². The van der Waals surface area contributed by atoms with Crippen LogP contribution in [0.3, 0.4) is 0 Å². The van der Waals surface area contributed by atoms with Crippen LogP contribution in [0.25, 0.3) is 10.9 Å². The number of nitrogen functional groups attached to an aromatic ring is 1. The number of hydrogen-bond acceptors (Lipinski definition) is 8. The lowest BCUT2D eigenvalue weighted by Crippen LogP contribution is -2.54. The number of carbonyl (C=O) groups excluding carboxylic acids is 1. The Morgan fingerprint density at radius 1 is 1.21 bits per heavy atom. The molecule has 1 aliphatic rings. The normalized spacial score (nSPS) is 16.9. The Bertz CT molecular complexity index is 1040. The number of rotatable bonds is 4. The van der Waals surface area contributed by atoms with E-state index in [1.807, 2.05) is 6.92 Å². The van der Waals surface area contributed by atoms with Crippen molar-refractivity contribution >= 4 is 28.6 Å². The number of fused-ring (bicyclic) bond motifs is 1. The Balaban J connectivity index is 1.61. The van der Waals surface area contributed by atoms with Crippen LogP contribution in [0.2, 0.25) is 0 Å². The number of furan rings is 1. The molecule has 1 amide bonds. The summed E-state index contributed by atoms with van der Waals surface area (Å²) in [6, 6.07) is 6.96. The van der Waals surface area contributed by atoms with Gasteiger partial charge in [-0.2, -0.15) is 4.98 Å². The molecule has 9 heteroatoms. The molecule has 2 N–H and O–H groups in total. The predicted octanol–water partition coefficient (Wildman–Crippen LogP) is 2.17. The van der Waals surface area contributed by atoms with E-state index < -0.39 is 0 Å². The third-order valence-corrected chi connectivity index (χ3v) is 5.12. The molecule has 4 rings (SSSR count). The van der Waals surface area contributed by atoms with Crippen LogP contribution in [0, 0.1) is 0 Å². The number of aromatic nitrogens is 2. The van der Waals surface area contributed by atoms with E-state index in [4.69, 9.17) is 24.6 Å². The molecule has 0 aliphatic carbocycles. The molecule has 0 unspecified atom stereocenters. The van der Waals surface area contributed by atoms with Crippen LogP contribution in [-0.4, -0.2) is 60.7 Å². The summed E-state index contributed by atoms with van der Waals surface area (Å²) < 4.78 is 15.9. The first-order valence-corrected chi connectivity index (χ1v) is 9.30. The fourth-order valence-corrected chi connectivity index (χ4v) is 3.59. The highest BCUT2D eigenvalue weighted by Crippen LogP contribution is 2.34. The molecular weight excluding hydrogens is 374 g/mol. The molecule has 9 nitrogen and oxygen atoms in total. The monoisotopic (exact) mass is 397 g/mol. The van der Waals surface area contributed by atoms with Gasteiger partial charge in [-0.05, 0) is 25.1 Å². The summed E-state index contributed by atoms with van der Waals surface area (Å²) in [5, 5.41) is 0.700. The average molecular weight is 397 g/mol. The maximum atomic E-state index is 12.5. The zero-order valence-electron chi connectivity index (χ0n) is 16.6. The zero-order chi connectivity index (χ0) is 20.5. The van der Waals surface area contributed by atoms with E-state index in [1.165, 1.54) is 6.26 Å². The lowest BCUT2D eigenvalue weighted by molar-refractivity contribution is 0.0693. The lowest BCUT2D eigenvalue weighted by atomic mass is 10.1. The second-order valence-corrected chi connectivity index (χ2v) is 6.90. The van der Waals surface area contributed by atoms with Gasteiger partial charge in [-0.25, -0.2) is 4.98 Å². The number of carbonyl (C=O) groups is 1. The number of nitrogens with zero attached hydrogens (tertiary/aromatic N) is 4. The van der Waals surface area contributed by atoms with Gasteiger partial charge in [-0.3, -0.25) is 4.79 Å². The third kappa shape index (κ3) is 3.39. The van der Waals surface area contributed by atoms with Crippen LogP contribution >= 0.6 is 0 Å². The summed E-state index contributed by atoms with van der Waals surface area (Å²) in [5.41, 5.74) is 6.89. The largest absolute Gasteiger partial charge is 0.493 e. The second-order valence-electron chi connectivity index (χ2n) is 6.90. The zero-order valence-corrected chi connectivity index (χ0v) is 16.6. The van der Waals surface area contributed by atoms with E-state index in [1.54, 1.807) is 43.4 Å². The number of ether oxygens (including phenoxy) is 2. The summed E-state index contributed by atoms with van der Waals surface area (Å²) >= 11 is 0. The molecular formula is C20H23N5O4. The molecule has 3 heterocycles. The summed E-state index contributed by atoms with van der Waals surface area (Å²) in [6.07, 6.45) is 1.50. The van der Waals surface area contributed by atoms with E-state index >= 15 is 0 Å². The molecule has 1 aromatic carbocycles. The first-order valence-electron chi connectivity index (χ1n) is 9.30. The van der Waals surface area contributed by atoms with Gasteiger partial charge < -0.3 is 29.4 Å². The smallest absolute Gasteiger partial charge is 0.289 e. The van der Waals surface area contributed by atoms with E-state index in [2.05, 4.69) is 9.88 Å². The number of nitrogens with two attached hydrogens (primary N) is 1. The predicted molar refractivity (Wildman–Crippen MR) is 108 cm³/mol. The Hall–Kier alpha value is -3.49. The molecule has 0 bridgehead atoms. The molecule has 1 aliphatic heterocycles. The third-order valence-electron chi connectivity index (χ3n) is 5.12. The minimum absolute atomic E-state index is 0.0136. The molecule has 2 aromatic heterocycles. The molecule has 29 heavy (non-hydrogen) atoms. The minimum Gasteiger partial charge on any atom is -0.493 e. The van der Waals surface area contributed by atoms with Crippen molar-refractivity contribution in [2.24, 2.45) is 0 Å². The fourth-order valence-electron chi connectivity index (χ4n) is 3.59. The molecule has 1 atom stereocenters. The first-order chi connectivity index (χ1) is 14.0. The number of amides is 1. The van der Waals surface area contributed by atoms with E-state index in [9.17, 15) is 4.79 Å². The van der Waals surface area contributed by atoms with Crippen LogP contribution in [0.5, 0.6) is 11.5 Å². The van der Waals surface area contributed by atoms with Crippen LogP contribution in [0.1, 0.15) is 17.5 Å². The second kappa shape index (κ2) is 7.50. The molecule has 1 fully saturated rings. The Labute approximate surface area is 168 Å². The number of benzene rings is 1. The molecule has 0 spiro atoms. The van der Waals surface area contributed by atoms with Gasteiger partial charge in [-0.15, -0.1) is 0 Å². The SMILES string of the molecule is COc1cc2nc(N3CCN(C(=O)c4ccco4)C[C@H]3C)nc(N)c2cc1OC. The first kappa shape index (κ1) is 18.9. The van der Waals surface area contributed by atoms with E-state index in [0.29, 0.717) is 59.6 Å². The van der Waals surface area contributed by atoms with Crippen molar-refractivity contribution in [3.63, 3.8) is 0 Å². The Morgan fingerprint density at radius 3 is 2.62 bits per heavy atom. The molecule has 0 radical (unpaired) electrons. The van der Waals surface area contributed by atoms with Gasteiger partial charge in [0.25, 0.3) is 5.91 Å². The topological polar surface area (TPSA) is 107 Å². The molecule has 152 valence electrons. The summed E-state index contributed by atoms with van der Waals surface area (Å²) in [7, 11) is 3.15. The van der Waals surface area contributed by atoms with Gasteiger partial charge in [0.05, 0.1) is 26.0 Å². The number of methoxy groups -OCH3 is 2. The van der Waals surface area contributed by atoms with E-state index in [-0.39, 0.29) is 11.9 Å². The lowest BCUT2D eigenvalue weighted by Gasteiger charge is -2.39. The van der Waals surface area contributed by atoms with Crippen LogP contribution < -0.4 is 20.1 Å². The standard InChI is InChI=1S/C20H23N5O4/c1-12-11-24(19(26)15-5-4-8-29-15)6-7-25(12)20-22-14-10-17(28-3)16(27-2)9-13(14)18(21)23-20/h4-5,8-10,12H,6-7,11H2,1-3H3,(H2,21,22,23)/t12-/m1/s1. The van der Waals surface area contributed by atoms with Crippen molar-refractivity contribution in [1.82, 2.24) is 14.9 Å². The summed E-state index contributed by atoms with van der Waals surface area (Å²) in [4.78, 5) is 25.6. The van der Waals surface area contributed by atoms with Crippen molar-refractivity contribution in [3.05, 3.63) is 36.3 Å². The van der Waals surface area contributed by atoms with E-state index in [0.717, 1.165) is 0 Å². The minimum atomic E-state index is -0.114. The van der Waals surface area contributed by atoms with Gasteiger partial charge in [0.15, 0.2) is 17.3 Å². The van der Waals surface area contributed by atoms with Gasteiger partial charge in [0.1, 0.15) is 5.82 Å². The van der Waals surface area contributed by atoms with Gasteiger partial charge in [-0.1, -0.05) is 0 Å². The average Bonchev–Trinajstić information content (AvgIpc) is 3.27. The number of hydrogen-bond donors (Lipinski definition) is 1. The Morgan fingerprint density at radius 2 is 1.97 bits per heavy atom. The summed E-state index contributed by atoms with van der Waals surface area (Å²) in [6.45, 7) is 3.69. The highest BCUT2D eigenvalue weighted by Gasteiger charge is 2.30. The quantitative estimate of drug-likeness (QED) is 0.714. The number of piperazine rings is 1. The van der Waals surface area contributed by atoms with Crippen LogP contribution in [0.15, 0.2) is 34.9 Å². The highest BCUT2D eigenvalue weighted by atomic mass is 16.5. The maximum absolute atomic E-state index is 12.5. The fraction of sp³-hybridized carbons (Fsp3) is 0.350. The van der Waals surface area contributed by atoms with Crippen molar-refractivity contribution in [2.75, 3.05) is 44.5 Å². The highest BCUT2D eigenvalue weighted by molar-refractivity contribution is 5.92. The van der Waals surface area contributed by atoms with Crippen molar-refractivity contribution in [1.29, 1.82) is 0 Å². The molecule has 1 saturated heterocycles. The van der Waals surface area contributed by atoms with Crippen molar-refractivity contribution in [2.45, 2.75) is 13.0 Å². The van der Waals surface area contributed by atoms with Gasteiger partial charge >= 0.3 is 0 Å². The Kier molecular flexibility index (Phi) is 4.87. The van der Waals surface area contributed by atoms with Gasteiger partial charge in [0.2, 0.25) is 5.95 Å². The maximum Gasteiger partial charge on any atom is 0.289 e. The number of anilines is 2.